The summed E-state index contributed by atoms with van der Waals surface area (Å²) in [7, 11) is 0. The highest BCUT2D eigenvalue weighted by Gasteiger charge is 2.34. The van der Waals surface area contributed by atoms with Gasteiger partial charge < -0.3 is 14.4 Å². The topological polar surface area (TPSA) is 116 Å². The molecule has 5 heterocycles. The molecule has 0 N–H and O–H groups in total. The van der Waals surface area contributed by atoms with Gasteiger partial charge in [-0.05, 0) is 72.9 Å². The summed E-state index contributed by atoms with van der Waals surface area (Å²) in [6.07, 6.45) is 7.82. The molecule has 12 heteroatoms. The molecule has 0 bridgehead atoms. The van der Waals surface area contributed by atoms with E-state index in [1.54, 1.807) is 15.6 Å². The fourth-order valence-electron chi connectivity index (χ4n) is 5.19. The number of amides is 1. The molecule has 3 aromatic rings. The SMILES string of the molecule is Cc1c(-c2cc(O[C@H](C)C3(C)CC=C(F)C=N3)c3c(C=O)cnn3c2)nnn1C1CCN(C(=O)OC(C)(C)C)CC1. The second kappa shape index (κ2) is 10.7. The molecule has 3 aromatic heterocycles. The monoisotopic (exact) mass is 565 g/mol. The standard InChI is InChI=1S/C29H36FN7O4/c1-18-25(33-34-37(18)23-8-11-35(12-9-23)27(39)41-28(3,4)5)20-13-24(26-21(17-38)14-32-36(26)16-20)40-19(2)29(6)10-7-22(30)15-31-29/h7,13-17,19,23H,8-12H2,1-6H3/t19-,29?/m1/s1. The van der Waals surface area contributed by atoms with Crippen molar-refractivity contribution in [2.24, 2.45) is 4.99 Å². The minimum Gasteiger partial charge on any atom is -0.486 e. The van der Waals surface area contributed by atoms with E-state index in [4.69, 9.17) is 9.47 Å². The number of allylic oxidation sites excluding steroid dienone is 1. The third-order valence-electron chi connectivity index (χ3n) is 7.77. The number of nitrogens with zero attached hydrogens (tertiary/aromatic N) is 7. The lowest BCUT2D eigenvalue weighted by atomic mass is 9.90. The van der Waals surface area contributed by atoms with Crippen molar-refractivity contribution in [1.82, 2.24) is 29.5 Å². The summed E-state index contributed by atoms with van der Waals surface area (Å²) in [6, 6.07) is 1.91. The number of hydrogen-bond donors (Lipinski definition) is 0. The number of ether oxygens (including phenoxy) is 2. The van der Waals surface area contributed by atoms with Crippen LogP contribution in [0.25, 0.3) is 16.8 Å². The summed E-state index contributed by atoms with van der Waals surface area (Å²) in [6.45, 7) is 12.4. The zero-order chi connectivity index (χ0) is 29.5. The molecule has 0 aliphatic carbocycles. The van der Waals surface area contributed by atoms with E-state index < -0.39 is 17.2 Å². The van der Waals surface area contributed by atoms with Crippen molar-refractivity contribution >= 4 is 24.1 Å². The number of fused-ring (bicyclic) bond motifs is 1. The molecule has 1 saturated heterocycles. The van der Waals surface area contributed by atoms with Crippen LogP contribution in [-0.2, 0) is 4.74 Å². The average Bonchev–Trinajstić information content (AvgIpc) is 3.52. The first-order valence-electron chi connectivity index (χ1n) is 13.8. The van der Waals surface area contributed by atoms with Crippen molar-refractivity contribution < 1.29 is 23.5 Å². The highest BCUT2D eigenvalue weighted by atomic mass is 19.1. The Labute approximate surface area is 238 Å². The molecule has 11 nitrogen and oxygen atoms in total. The Balaban J connectivity index is 1.40. The van der Waals surface area contributed by atoms with E-state index in [1.165, 1.54) is 18.5 Å². The van der Waals surface area contributed by atoms with Gasteiger partial charge in [-0.3, -0.25) is 9.79 Å². The van der Waals surface area contributed by atoms with Crippen molar-refractivity contribution in [2.75, 3.05) is 13.1 Å². The molecule has 2 aliphatic rings. The smallest absolute Gasteiger partial charge is 0.410 e. The van der Waals surface area contributed by atoms with Crippen LogP contribution in [0.4, 0.5) is 9.18 Å². The van der Waals surface area contributed by atoms with Gasteiger partial charge in [-0.25, -0.2) is 18.4 Å². The van der Waals surface area contributed by atoms with Gasteiger partial charge in [0, 0.05) is 24.8 Å². The first kappa shape index (κ1) is 28.4. The number of dihydropyridines is 1. The molecule has 1 amide bonds. The van der Waals surface area contributed by atoms with Crippen LogP contribution in [0.1, 0.15) is 76.0 Å². The summed E-state index contributed by atoms with van der Waals surface area (Å²) in [4.78, 5) is 30.4. The Bertz CT molecular complexity index is 1530. The average molecular weight is 566 g/mol. The number of piperidine rings is 1. The van der Waals surface area contributed by atoms with E-state index in [2.05, 4.69) is 20.4 Å². The quantitative estimate of drug-likeness (QED) is 0.380. The van der Waals surface area contributed by atoms with E-state index >= 15 is 0 Å². The molecule has 2 aliphatic heterocycles. The van der Waals surface area contributed by atoms with Crippen LogP contribution in [0.2, 0.25) is 0 Å². The largest absolute Gasteiger partial charge is 0.486 e. The van der Waals surface area contributed by atoms with Gasteiger partial charge in [0.1, 0.15) is 34.5 Å². The van der Waals surface area contributed by atoms with E-state index in [9.17, 15) is 14.0 Å². The Hall–Kier alpha value is -4.09. The lowest BCUT2D eigenvalue weighted by Gasteiger charge is -2.33. The summed E-state index contributed by atoms with van der Waals surface area (Å²) in [5.41, 5.74) is 1.94. The molecule has 5 rings (SSSR count). The fourth-order valence-corrected chi connectivity index (χ4v) is 5.19. The van der Waals surface area contributed by atoms with Crippen LogP contribution in [0.15, 0.2) is 35.4 Å². The van der Waals surface area contributed by atoms with Crippen LogP contribution < -0.4 is 4.74 Å². The van der Waals surface area contributed by atoms with Crippen LogP contribution in [0, 0.1) is 6.92 Å². The highest BCUT2D eigenvalue weighted by molar-refractivity contribution is 5.89. The minimum absolute atomic E-state index is 0.0818. The molecule has 2 atom stereocenters. The normalized spacial score (nSPS) is 20.7. The molecule has 0 saturated carbocycles. The van der Waals surface area contributed by atoms with Crippen molar-refractivity contribution in [3.63, 3.8) is 0 Å². The maximum atomic E-state index is 13.6. The molecular weight excluding hydrogens is 529 g/mol. The predicted molar refractivity (Wildman–Crippen MR) is 151 cm³/mol. The molecule has 0 spiro atoms. The van der Waals surface area contributed by atoms with Gasteiger partial charge in [-0.15, -0.1) is 5.10 Å². The Morgan fingerprint density at radius 1 is 1.27 bits per heavy atom. The Kier molecular flexibility index (Phi) is 7.43. The Morgan fingerprint density at radius 2 is 2.00 bits per heavy atom. The van der Waals surface area contributed by atoms with Crippen molar-refractivity contribution in [3.8, 4) is 17.0 Å². The van der Waals surface area contributed by atoms with Gasteiger partial charge >= 0.3 is 6.09 Å². The maximum Gasteiger partial charge on any atom is 0.410 e. The summed E-state index contributed by atoms with van der Waals surface area (Å²) in [5.74, 6) is 0.0767. The van der Waals surface area contributed by atoms with Gasteiger partial charge in [-0.2, -0.15) is 5.10 Å². The lowest BCUT2D eigenvalue weighted by molar-refractivity contribution is 0.0183. The van der Waals surface area contributed by atoms with Crippen LogP contribution in [-0.4, -0.2) is 78.4 Å². The molecule has 218 valence electrons. The molecule has 1 fully saturated rings. The van der Waals surface area contributed by atoms with Crippen molar-refractivity contribution in [3.05, 3.63) is 41.6 Å². The number of likely N-dealkylation sites (tertiary alicyclic amines) is 1. The van der Waals surface area contributed by atoms with Gasteiger partial charge in [0.15, 0.2) is 6.29 Å². The van der Waals surface area contributed by atoms with Gasteiger partial charge in [0.25, 0.3) is 0 Å². The van der Waals surface area contributed by atoms with Gasteiger partial charge in [0.2, 0.25) is 0 Å². The Morgan fingerprint density at radius 3 is 2.63 bits per heavy atom. The van der Waals surface area contributed by atoms with E-state index in [-0.39, 0.29) is 18.0 Å². The van der Waals surface area contributed by atoms with Crippen LogP contribution in [0.5, 0.6) is 5.75 Å². The number of rotatable bonds is 6. The van der Waals surface area contributed by atoms with Crippen LogP contribution >= 0.6 is 0 Å². The minimum atomic E-state index is -0.683. The number of halogens is 1. The first-order valence-corrected chi connectivity index (χ1v) is 13.8. The zero-order valence-electron chi connectivity index (χ0n) is 24.3. The van der Waals surface area contributed by atoms with E-state index in [0.717, 1.165) is 30.4 Å². The first-order chi connectivity index (χ1) is 19.4. The summed E-state index contributed by atoms with van der Waals surface area (Å²) in [5, 5.41) is 13.3. The van der Waals surface area contributed by atoms with Gasteiger partial charge in [0.05, 0.1) is 35.2 Å². The second-order valence-electron chi connectivity index (χ2n) is 11.9. The molecular formula is C29H36FN7O4. The van der Waals surface area contributed by atoms with Gasteiger partial charge in [-0.1, -0.05) is 5.21 Å². The second-order valence-corrected chi connectivity index (χ2v) is 11.9. The van der Waals surface area contributed by atoms with Crippen molar-refractivity contribution in [2.45, 2.75) is 84.1 Å². The number of hydrogen-bond acceptors (Lipinski definition) is 8. The van der Waals surface area contributed by atoms with E-state index in [1.807, 2.05) is 52.3 Å². The third kappa shape index (κ3) is 5.73. The molecule has 41 heavy (non-hydrogen) atoms. The zero-order valence-corrected chi connectivity index (χ0v) is 24.3. The third-order valence-corrected chi connectivity index (χ3v) is 7.77. The van der Waals surface area contributed by atoms with E-state index in [0.29, 0.717) is 42.0 Å². The van der Waals surface area contributed by atoms with Crippen LogP contribution in [0.3, 0.4) is 0 Å². The maximum absolute atomic E-state index is 13.6. The number of carbonyl (C=O) groups excluding carboxylic acids is 2. The number of aldehydes is 1. The summed E-state index contributed by atoms with van der Waals surface area (Å²) >= 11 is 0. The number of pyridine rings is 1. The number of aliphatic imine (C=N–C) groups is 1. The number of aromatic nitrogens is 5. The number of carbonyl (C=O) groups is 2. The molecule has 0 radical (unpaired) electrons. The fraction of sp³-hybridized carbons (Fsp3) is 0.517. The summed E-state index contributed by atoms with van der Waals surface area (Å²) < 4.78 is 29.0. The molecule has 0 aromatic carbocycles. The lowest BCUT2D eigenvalue weighted by Crippen LogP contribution is -2.42. The predicted octanol–water partition coefficient (Wildman–Crippen LogP) is 5.14. The highest BCUT2D eigenvalue weighted by Crippen LogP contribution is 2.35. The van der Waals surface area contributed by atoms with Crippen molar-refractivity contribution in [1.29, 1.82) is 0 Å². The molecule has 1 unspecified atom stereocenters.